The summed E-state index contributed by atoms with van der Waals surface area (Å²) < 4.78 is 0. The van der Waals surface area contributed by atoms with Gasteiger partial charge in [0.15, 0.2) is 0 Å². The summed E-state index contributed by atoms with van der Waals surface area (Å²) in [6.07, 6.45) is 5.70. The zero-order valence-electron chi connectivity index (χ0n) is 11.2. The Morgan fingerprint density at radius 1 is 1.11 bits per heavy atom. The van der Waals surface area contributed by atoms with E-state index >= 15 is 0 Å². The summed E-state index contributed by atoms with van der Waals surface area (Å²) in [7, 11) is 0. The Morgan fingerprint density at radius 3 is 2.17 bits per heavy atom. The first-order valence-corrected chi connectivity index (χ1v) is 7.29. The monoisotopic (exact) mass is 244 g/mol. The van der Waals surface area contributed by atoms with Crippen LogP contribution >= 0.6 is 0 Å². The van der Waals surface area contributed by atoms with Crippen molar-refractivity contribution in [2.75, 3.05) is 6.54 Å². The van der Waals surface area contributed by atoms with Crippen molar-refractivity contribution in [3.8, 4) is 0 Å². The van der Waals surface area contributed by atoms with E-state index in [0.717, 1.165) is 24.4 Å². The van der Waals surface area contributed by atoms with E-state index in [1.165, 1.54) is 36.8 Å². The summed E-state index contributed by atoms with van der Waals surface area (Å²) in [4.78, 5) is 0. The Bertz CT molecular complexity index is 378. The van der Waals surface area contributed by atoms with Crippen LogP contribution in [0.15, 0.2) is 24.3 Å². The highest BCUT2D eigenvalue weighted by Crippen LogP contribution is 2.44. The Labute approximate surface area is 110 Å². The lowest BCUT2D eigenvalue weighted by molar-refractivity contribution is 0.403. The first-order chi connectivity index (χ1) is 8.74. The SMILES string of the molecule is Cc1ccc(C(N)CNC(C2CC2)C2CC2)cc1. The number of aryl methyl sites for hydroxylation is 1. The number of hydrogen-bond acceptors (Lipinski definition) is 2. The average molecular weight is 244 g/mol. The Balaban J connectivity index is 1.53. The highest BCUT2D eigenvalue weighted by Gasteiger charge is 2.41. The van der Waals surface area contributed by atoms with Gasteiger partial charge in [0.25, 0.3) is 0 Å². The second-order valence-electron chi connectivity index (χ2n) is 6.13. The van der Waals surface area contributed by atoms with Crippen molar-refractivity contribution >= 4 is 0 Å². The van der Waals surface area contributed by atoms with Gasteiger partial charge in [-0.3, -0.25) is 0 Å². The molecule has 0 bridgehead atoms. The molecule has 98 valence electrons. The van der Waals surface area contributed by atoms with E-state index in [1.807, 2.05) is 0 Å². The second-order valence-corrected chi connectivity index (χ2v) is 6.13. The molecular weight excluding hydrogens is 220 g/mol. The summed E-state index contributed by atoms with van der Waals surface area (Å²) in [6, 6.07) is 9.49. The van der Waals surface area contributed by atoms with Gasteiger partial charge in [-0.05, 0) is 50.0 Å². The molecule has 0 amide bonds. The quantitative estimate of drug-likeness (QED) is 0.807. The maximum Gasteiger partial charge on any atom is 0.0421 e. The average Bonchev–Trinajstić information content (AvgIpc) is 3.24. The maximum atomic E-state index is 6.27. The van der Waals surface area contributed by atoms with Crippen LogP contribution in [0.2, 0.25) is 0 Å². The molecule has 3 N–H and O–H groups in total. The highest BCUT2D eigenvalue weighted by atomic mass is 15.0. The summed E-state index contributed by atoms with van der Waals surface area (Å²) in [5, 5.41) is 3.73. The number of rotatable bonds is 6. The molecule has 2 saturated carbocycles. The predicted molar refractivity (Wildman–Crippen MR) is 75.3 cm³/mol. The third kappa shape index (κ3) is 2.93. The molecule has 1 aromatic carbocycles. The largest absolute Gasteiger partial charge is 0.323 e. The minimum absolute atomic E-state index is 0.130. The fourth-order valence-electron chi connectivity index (χ4n) is 2.82. The molecular formula is C16H24N2. The van der Waals surface area contributed by atoms with Crippen LogP contribution in [0.5, 0.6) is 0 Å². The van der Waals surface area contributed by atoms with Gasteiger partial charge in [0, 0.05) is 18.6 Å². The topological polar surface area (TPSA) is 38.0 Å². The number of hydrogen-bond donors (Lipinski definition) is 2. The molecule has 2 aliphatic carbocycles. The van der Waals surface area contributed by atoms with E-state index in [2.05, 4.69) is 36.5 Å². The van der Waals surface area contributed by atoms with Crippen LogP contribution in [0.4, 0.5) is 0 Å². The summed E-state index contributed by atoms with van der Waals surface area (Å²) >= 11 is 0. The van der Waals surface area contributed by atoms with E-state index in [4.69, 9.17) is 5.73 Å². The van der Waals surface area contributed by atoms with E-state index < -0.39 is 0 Å². The molecule has 3 rings (SSSR count). The van der Waals surface area contributed by atoms with Gasteiger partial charge < -0.3 is 11.1 Å². The van der Waals surface area contributed by atoms with Gasteiger partial charge in [-0.15, -0.1) is 0 Å². The van der Waals surface area contributed by atoms with Gasteiger partial charge in [-0.1, -0.05) is 29.8 Å². The fraction of sp³-hybridized carbons (Fsp3) is 0.625. The van der Waals surface area contributed by atoms with Crippen molar-refractivity contribution < 1.29 is 0 Å². The first-order valence-electron chi connectivity index (χ1n) is 7.29. The molecule has 0 spiro atoms. The molecule has 1 atom stereocenters. The highest BCUT2D eigenvalue weighted by molar-refractivity contribution is 5.24. The molecule has 0 heterocycles. The lowest BCUT2D eigenvalue weighted by Crippen LogP contribution is -2.38. The minimum atomic E-state index is 0.130. The summed E-state index contributed by atoms with van der Waals surface area (Å²) in [5.74, 6) is 1.89. The third-order valence-electron chi connectivity index (χ3n) is 4.34. The standard InChI is InChI=1S/C16H24N2/c1-11-2-4-12(5-3-11)15(17)10-18-16(13-6-7-13)14-8-9-14/h2-5,13-16,18H,6-10,17H2,1H3. The van der Waals surface area contributed by atoms with Gasteiger partial charge in [-0.2, -0.15) is 0 Å². The Morgan fingerprint density at radius 2 is 1.67 bits per heavy atom. The van der Waals surface area contributed by atoms with E-state index in [1.54, 1.807) is 0 Å². The zero-order chi connectivity index (χ0) is 12.5. The van der Waals surface area contributed by atoms with Crippen molar-refractivity contribution in [1.29, 1.82) is 0 Å². The molecule has 2 aliphatic rings. The van der Waals surface area contributed by atoms with Gasteiger partial charge in [0.1, 0.15) is 0 Å². The lowest BCUT2D eigenvalue weighted by Gasteiger charge is -2.21. The fourth-order valence-corrected chi connectivity index (χ4v) is 2.82. The van der Waals surface area contributed by atoms with Crippen molar-refractivity contribution in [1.82, 2.24) is 5.32 Å². The zero-order valence-corrected chi connectivity index (χ0v) is 11.2. The normalized spacial score (nSPS) is 21.3. The van der Waals surface area contributed by atoms with Crippen LogP contribution in [0.1, 0.15) is 42.9 Å². The molecule has 0 radical (unpaired) electrons. The van der Waals surface area contributed by atoms with Crippen LogP contribution in [-0.4, -0.2) is 12.6 Å². The van der Waals surface area contributed by atoms with Gasteiger partial charge in [0.05, 0.1) is 0 Å². The molecule has 2 heteroatoms. The molecule has 2 nitrogen and oxygen atoms in total. The van der Waals surface area contributed by atoms with E-state index in [0.29, 0.717) is 0 Å². The Kier molecular flexibility index (Phi) is 3.40. The van der Waals surface area contributed by atoms with Crippen molar-refractivity contribution in [3.63, 3.8) is 0 Å². The van der Waals surface area contributed by atoms with Gasteiger partial charge >= 0.3 is 0 Å². The number of nitrogens with one attached hydrogen (secondary N) is 1. The van der Waals surface area contributed by atoms with Gasteiger partial charge in [-0.25, -0.2) is 0 Å². The maximum absolute atomic E-state index is 6.27. The molecule has 0 aliphatic heterocycles. The van der Waals surface area contributed by atoms with Crippen LogP contribution < -0.4 is 11.1 Å². The van der Waals surface area contributed by atoms with Crippen molar-refractivity contribution in [2.45, 2.75) is 44.7 Å². The first kappa shape index (κ1) is 12.2. The third-order valence-corrected chi connectivity index (χ3v) is 4.34. The molecule has 1 unspecified atom stereocenters. The smallest absolute Gasteiger partial charge is 0.0421 e. The molecule has 1 aromatic rings. The van der Waals surface area contributed by atoms with Crippen molar-refractivity contribution in [3.05, 3.63) is 35.4 Å². The van der Waals surface area contributed by atoms with E-state index in [-0.39, 0.29) is 6.04 Å². The van der Waals surface area contributed by atoms with Crippen LogP contribution in [0, 0.1) is 18.8 Å². The Hall–Kier alpha value is -0.860. The number of nitrogens with two attached hydrogens (primary N) is 1. The molecule has 0 aromatic heterocycles. The van der Waals surface area contributed by atoms with Crippen LogP contribution in [0.25, 0.3) is 0 Å². The summed E-state index contributed by atoms with van der Waals surface area (Å²) in [6.45, 7) is 3.03. The van der Waals surface area contributed by atoms with Gasteiger partial charge in [0.2, 0.25) is 0 Å². The predicted octanol–water partition coefficient (Wildman–Crippen LogP) is 2.77. The molecule has 2 fully saturated rings. The molecule has 0 saturated heterocycles. The van der Waals surface area contributed by atoms with Crippen LogP contribution in [0.3, 0.4) is 0 Å². The summed E-state index contributed by atoms with van der Waals surface area (Å²) in [5.41, 5.74) is 8.82. The molecule has 18 heavy (non-hydrogen) atoms. The second kappa shape index (κ2) is 5.02. The lowest BCUT2D eigenvalue weighted by atomic mass is 10.0. The van der Waals surface area contributed by atoms with E-state index in [9.17, 15) is 0 Å². The minimum Gasteiger partial charge on any atom is -0.323 e. The van der Waals surface area contributed by atoms with Crippen molar-refractivity contribution in [2.24, 2.45) is 17.6 Å². The van der Waals surface area contributed by atoms with Crippen LogP contribution in [-0.2, 0) is 0 Å². The number of benzene rings is 1.